The molecule has 7 aromatic rings. The first-order valence-corrected chi connectivity index (χ1v) is 30.4. The molecule has 17 nitrogen and oxygen atoms in total. The second-order valence-corrected chi connectivity index (χ2v) is 25.8. The fraction of sp³-hybridized carbons (Fsp3) is 0.414. The first-order valence-electron chi connectivity index (χ1n) is 27.0. The predicted molar refractivity (Wildman–Crippen MR) is 309 cm³/mol. The molecule has 1 atom stereocenters. The number of aryl methyl sites for hydroxylation is 2. The number of carbonyl (C=O) groups is 2. The molecule has 19 heteroatoms. The van der Waals surface area contributed by atoms with Crippen molar-refractivity contribution in [2.75, 3.05) is 81.8 Å². The molecule has 4 aromatic carbocycles. The molecule has 0 bridgehead atoms. The SMILES string of the molecule is COc1cc(N2CCC(N3CCC(CN4CCC(c5cccc6c5n(C)c(=O)n6C5CCC(=O)NC5=O)CC4)CC3)CC2)c(-c2cnn(C)c2)cc1Nc1ncc(Br)c(Nc2ccc(-c3ccccc3)cc2P(C)(C)=O)n1. The number of benzene rings is 4. The molecule has 0 radical (unpaired) electrons. The van der Waals surface area contributed by atoms with Crippen LogP contribution < -0.4 is 36.6 Å². The van der Waals surface area contributed by atoms with Crippen LogP contribution in [0.2, 0.25) is 0 Å². The number of amides is 2. The minimum Gasteiger partial charge on any atom is -0.494 e. The lowest BCUT2D eigenvalue weighted by molar-refractivity contribution is -0.135. The van der Waals surface area contributed by atoms with Crippen molar-refractivity contribution in [3.05, 3.63) is 118 Å². The number of halogens is 1. The highest BCUT2D eigenvalue weighted by molar-refractivity contribution is 9.10. The number of hydrogen-bond acceptors (Lipinski definition) is 13. The molecular weight excluding hydrogens is 1060 g/mol. The maximum absolute atomic E-state index is 13.7. The third kappa shape index (κ3) is 11.0. The quantitative estimate of drug-likeness (QED) is 0.0695. The number of carbonyl (C=O) groups excluding carboxylic acids is 2. The molecule has 4 fully saturated rings. The second-order valence-electron chi connectivity index (χ2n) is 21.7. The number of fused-ring (bicyclic) bond motifs is 1. The van der Waals surface area contributed by atoms with E-state index in [9.17, 15) is 18.9 Å². The maximum atomic E-state index is 13.7. The van der Waals surface area contributed by atoms with Gasteiger partial charge in [0.05, 0.1) is 40.2 Å². The van der Waals surface area contributed by atoms with Gasteiger partial charge in [-0.05, 0) is 153 Å². The Balaban J connectivity index is 0.715. The number of ether oxygens (including phenoxy) is 1. The van der Waals surface area contributed by atoms with E-state index >= 15 is 0 Å². The molecule has 7 heterocycles. The van der Waals surface area contributed by atoms with Crippen LogP contribution >= 0.6 is 23.1 Å². The largest absolute Gasteiger partial charge is 0.494 e. The highest BCUT2D eigenvalue weighted by Gasteiger charge is 2.35. The van der Waals surface area contributed by atoms with E-state index in [0.717, 1.165) is 121 Å². The Bertz CT molecular complexity index is 3440. The maximum Gasteiger partial charge on any atom is 0.329 e. The average Bonchev–Trinajstić information content (AvgIpc) is 4.05. The topological polar surface area (TPSA) is 177 Å². The molecule has 3 aromatic heterocycles. The molecule has 0 spiro atoms. The Kier molecular flexibility index (Phi) is 15.0. The summed E-state index contributed by atoms with van der Waals surface area (Å²) in [7, 11) is 2.72. The van der Waals surface area contributed by atoms with Crippen LogP contribution in [0.3, 0.4) is 0 Å². The Hall–Kier alpha value is -6.59. The number of methoxy groups -OCH3 is 1. The Morgan fingerprint density at radius 3 is 2.26 bits per heavy atom. The summed E-state index contributed by atoms with van der Waals surface area (Å²) >= 11 is 3.65. The molecular formula is C58H68BrN12O5P. The van der Waals surface area contributed by atoms with Gasteiger partial charge in [-0.2, -0.15) is 10.1 Å². The third-order valence-corrected chi connectivity index (χ3v) is 18.5. The van der Waals surface area contributed by atoms with E-state index in [4.69, 9.17) is 9.72 Å². The number of aromatic nitrogens is 6. The Morgan fingerprint density at radius 2 is 1.56 bits per heavy atom. The van der Waals surface area contributed by atoms with Crippen LogP contribution in [-0.2, 0) is 28.2 Å². The number of imidazole rings is 1. The molecule has 3 N–H and O–H groups in total. The average molecular weight is 1120 g/mol. The number of piperidine rings is 4. The van der Waals surface area contributed by atoms with E-state index in [1.807, 2.05) is 72.7 Å². The van der Waals surface area contributed by atoms with Gasteiger partial charge in [0, 0.05) is 86.8 Å². The summed E-state index contributed by atoms with van der Waals surface area (Å²) in [5.41, 5.74) is 9.25. The van der Waals surface area contributed by atoms with Gasteiger partial charge in [-0.3, -0.25) is 28.7 Å². The highest BCUT2D eigenvalue weighted by Crippen LogP contribution is 2.44. The van der Waals surface area contributed by atoms with Crippen LogP contribution in [0.25, 0.3) is 33.3 Å². The number of likely N-dealkylation sites (tertiary alicyclic amines) is 2. The van der Waals surface area contributed by atoms with Gasteiger partial charge in [0.1, 0.15) is 24.8 Å². The van der Waals surface area contributed by atoms with Crippen LogP contribution in [0.15, 0.2) is 107 Å². The van der Waals surface area contributed by atoms with Crippen molar-refractivity contribution in [3.63, 3.8) is 0 Å². The first-order chi connectivity index (χ1) is 37.2. The lowest BCUT2D eigenvalue weighted by Gasteiger charge is -2.43. The zero-order valence-electron chi connectivity index (χ0n) is 44.5. The van der Waals surface area contributed by atoms with E-state index in [1.54, 1.807) is 42.8 Å². The van der Waals surface area contributed by atoms with Crippen molar-refractivity contribution in [2.24, 2.45) is 20.0 Å². The van der Waals surface area contributed by atoms with Gasteiger partial charge in [0.15, 0.2) is 0 Å². The van der Waals surface area contributed by atoms with Crippen LogP contribution in [-0.4, -0.2) is 123 Å². The number of anilines is 5. The van der Waals surface area contributed by atoms with Crippen LogP contribution in [0.5, 0.6) is 5.75 Å². The molecule has 4 aliphatic heterocycles. The van der Waals surface area contributed by atoms with Crippen molar-refractivity contribution in [1.82, 2.24) is 44.0 Å². The van der Waals surface area contributed by atoms with Gasteiger partial charge in [-0.25, -0.2) is 9.78 Å². The molecule has 1 unspecified atom stereocenters. The molecule has 0 aliphatic carbocycles. The fourth-order valence-corrected chi connectivity index (χ4v) is 13.8. The molecule has 77 heavy (non-hydrogen) atoms. The van der Waals surface area contributed by atoms with Crippen molar-refractivity contribution < 1.29 is 18.9 Å². The van der Waals surface area contributed by atoms with Crippen molar-refractivity contribution in [2.45, 2.75) is 69.4 Å². The summed E-state index contributed by atoms with van der Waals surface area (Å²) in [6.07, 6.45) is 12.8. The van der Waals surface area contributed by atoms with Crippen molar-refractivity contribution >= 4 is 80.1 Å². The third-order valence-electron chi connectivity index (χ3n) is 16.4. The molecule has 2 amide bonds. The lowest BCUT2D eigenvalue weighted by atomic mass is 9.87. The van der Waals surface area contributed by atoms with E-state index < -0.39 is 19.1 Å². The van der Waals surface area contributed by atoms with Crippen LogP contribution in [0.4, 0.5) is 28.8 Å². The number of rotatable bonds is 14. The normalized spacial score (nSPS) is 18.7. The fourth-order valence-electron chi connectivity index (χ4n) is 12.3. The Labute approximate surface area is 457 Å². The molecule has 4 aliphatic rings. The van der Waals surface area contributed by atoms with Gasteiger partial charge in [-0.1, -0.05) is 48.5 Å². The molecule has 402 valence electrons. The van der Waals surface area contributed by atoms with Crippen LogP contribution in [0.1, 0.15) is 68.9 Å². The predicted octanol–water partition coefficient (Wildman–Crippen LogP) is 9.24. The summed E-state index contributed by atoms with van der Waals surface area (Å²) in [5.74, 6) is 1.88. The summed E-state index contributed by atoms with van der Waals surface area (Å²) in [6, 6.07) is 26.3. The first kappa shape index (κ1) is 52.5. The van der Waals surface area contributed by atoms with Gasteiger partial charge in [0.25, 0.3) is 0 Å². The molecule has 4 saturated heterocycles. The number of imide groups is 1. The zero-order chi connectivity index (χ0) is 53.5. The van der Waals surface area contributed by atoms with Gasteiger partial charge < -0.3 is 34.6 Å². The summed E-state index contributed by atoms with van der Waals surface area (Å²) in [4.78, 5) is 55.7. The Morgan fingerprint density at radius 1 is 0.792 bits per heavy atom. The smallest absolute Gasteiger partial charge is 0.329 e. The van der Waals surface area contributed by atoms with E-state index in [0.29, 0.717) is 52.0 Å². The van der Waals surface area contributed by atoms with E-state index in [2.05, 4.69) is 87.0 Å². The highest BCUT2D eigenvalue weighted by atomic mass is 79.9. The number of nitrogens with one attached hydrogen (secondary N) is 3. The van der Waals surface area contributed by atoms with Crippen molar-refractivity contribution in [3.8, 4) is 28.0 Å². The van der Waals surface area contributed by atoms with Gasteiger partial charge in [0.2, 0.25) is 17.8 Å². The number of hydrogen-bond donors (Lipinski definition) is 3. The zero-order valence-corrected chi connectivity index (χ0v) is 47.0. The standard InChI is InChI=1S/C58H68BrN12O5P/c1-66-36-41(33-61-66)44-31-47(63-57-60-34-45(59)55(65-57)62-46-15-14-40(30-52(46)77(4,5)75)38-10-7-6-8-11-38)51(76-3)32-50(44)70-28-22-42(23-29-70)69-26-18-37(19-27-69)35-68-24-20-39(21-25-68)43-12-9-13-48-54(43)67(2)58(74)71(48)49-16-17-53(72)64-56(49)73/h6-15,30-34,36-37,39,42,49H,16-29,35H2,1-5H3,(H,64,72,73)(H2,60,62,63,65). The minimum atomic E-state index is -2.71. The summed E-state index contributed by atoms with van der Waals surface area (Å²) in [6.45, 7) is 10.8. The number of nitrogens with zero attached hydrogens (tertiary/aromatic N) is 9. The second kappa shape index (κ2) is 22.0. The summed E-state index contributed by atoms with van der Waals surface area (Å²) < 4.78 is 25.6. The van der Waals surface area contributed by atoms with Gasteiger partial charge >= 0.3 is 5.69 Å². The lowest BCUT2D eigenvalue weighted by Crippen LogP contribution is -2.49. The van der Waals surface area contributed by atoms with Crippen molar-refractivity contribution in [1.29, 1.82) is 0 Å². The van der Waals surface area contributed by atoms with Gasteiger partial charge in [-0.15, -0.1) is 0 Å². The van der Waals surface area contributed by atoms with E-state index in [1.165, 1.54) is 18.4 Å². The molecule has 11 rings (SSSR count). The van der Waals surface area contributed by atoms with Crippen LogP contribution in [0, 0.1) is 5.92 Å². The van der Waals surface area contributed by atoms with E-state index in [-0.39, 0.29) is 18.0 Å². The number of para-hydroxylation sites is 1. The molecule has 0 saturated carbocycles. The monoisotopic (exact) mass is 1120 g/mol. The summed E-state index contributed by atoms with van der Waals surface area (Å²) in [5, 5.41) is 14.6. The minimum absolute atomic E-state index is 0.213.